The molecular weight excluding hydrogens is 344 g/mol. The molecule has 0 saturated heterocycles. The number of nitrogens with zero attached hydrogens (tertiary/aromatic N) is 3. The maximum atomic E-state index is 12.7. The van der Waals surface area contributed by atoms with Crippen LogP contribution in [-0.2, 0) is 4.79 Å². The molecule has 0 saturated carbocycles. The van der Waals surface area contributed by atoms with E-state index in [0.717, 1.165) is 32.4 Å². The predicted octanol–water partition coefficient (Wildman–Crippen LogP) is 4.30. The summed E-state index contributed by atoms with van der Waals surface area (Å²) in [5.74, 6) is -0.0823. The lowest BCUT2D eigenvalue weighted by molar-refractivity contribution is -0.115. The number of benzene rings is 2. The van der Waals surface area contributed by atoms with Crippen LogP contribution in [0, 0.1) is 0 Å². The molecule has 5 nitrogen and oxygen atoms in total. The number of anilines is 1. The Bertz CT molecular complexity index is 1090. The van der Waals surface area contributed by atoms with E-state index in [2.05, 4.69) is 20.5 Å². The fraction of sp³-hybridized carbons (Fsp3) is 0.100. The van der Waals surface area contributed by atoms with E-state index in [9.17, 15) is 4.79 Å². The van der Waals surface area contributed by atoms with Crippen molar-refractivity contribution in [2.24, 2.45) is 0 Å². The van der Waals surface area contributed by atoms with Gasteiger partial charge in [0.15, 0.2) is 0 Å². The Morgan fingerprint density at radius 3 is 2.81 bits per heavy atom. The molecule has 0 aliphatic heterocycles. The molecule has 2 aromatic heterocycles. The molecule has 26 heavy (non-hydrogen) atoms. The topological polar surface area (TPSA) is 67.8 Å². The second-order valence-electron chi connectivity index (χ2n) is 5.86. The summed E-state index contributed by atoms with van der Waals surface area (Å²) in [4.78, 5) is 17.0. The fourth-order valence-corrected chi connectivity index (χ4v) is 3.66. The molecule has 4 aromatic rings. The quantitative estimate of drug-likeness (QED) is 0.550. The minimum absolute atomic E-state index is 0.0823. The van der Waals surface area contributed by atoms with E-state index >= 15 is 0 Å². The van der Waals surface area contributed by atoms with Gasteiger partial charge in [0, 0.05) is 22.4 Å². The van der Waals surface area contributed by atoms with E-state index in [1.807, 2.05) is 61.5 Å². The zero-order chi connectivity index (χ0) is 17.9. The standard InChI is InChI=1S/C20H16N4OS/c1-13(26-20-15-7-3-2-6-14(15)12-22-24-20)19(25)23-18-10-4-9-17-16(18)8-5-11-21-17/h2-13H,1H3,(H,23,25)/t13-/m0/s1. The fourth-order valence-electron chi connectivity index (χ4n) is 2.76. The van der Waals surface area contributed by atoms with Crippen LogP contribution in [-0.4, -0.2) is 26.3 Å². The zero-order valence-electron chi connectivity index (χ0n) is 14.1. The summed E-state index contributed by atoms with van der Waals surface area (Å²) in [6.45, 7) is 1.87. The van der Waals surface area contributed by atoms with Crippen LogP contribution in [0.4, 0.5) is 5.69 Å². The van der Waals surface area contributed by atoms with E-state index in [4.69, 9.17) is 0 Å². The maximum Gasteiger partial charge on any atom is 0.237 e. The van der Waals surface area contributed by atoms with Crippen molar-refractivity contribution in [3.8, 4) is 0 Å². The normalized spacial score (nSPS) is 12.2. The number of hydrogen-bond acceptors (Lipinski definition) is 5. The molecule has 2 aromatic carbocycles. The summed E-state index contributed by atoms with van der Waals surface area (Å²) >= 11 is 1.40. The minimum Gasteiger partial charge on any atom is -0.324 e. The van der Waals surface area contributed by atoms with Gasteiger partial charge in [-0.3, -0.25) is 9.78 Å². The van der Waals surface area contributed by atoms with Crippen molar-refractivity contribution in [2.45, 2.75) is 17.2 Å². The lowest BCUT2D eigenvalue weighted by Crippen LogP contribution is -2.22. The molecule has 1 N–H and O–H groups in total. The summed E-state index contributed by atoms with van der Waals surface area (Å²) in [6, 6.07) is 17.4. The monoisotopic (exact) mass is 360 g/mol. The van der Waals surface area contributed by atoms with Gasteiger partial charge in [0.2, 0.25) is 5.91 Å². The first-order valence-corrected chi connectivity index (χ1v) is 9.12. The molecule has 0 spiro atoms. The highest BCUT2D eigenvalue weighted by atomic mass is 32.2. The Morgan fingerprint density at radius 1 is 1.04 bits per heavy atom. The third-order valence-electron chi connectivity index (χ3n) is 4.10. The van der Waals surface area contributed by atoms with Crippen molar-refractivity contribution in [1.82, 2.24) is 15.2 Å². The first-order valence-electron chi connectivity index (χ1n) is 8.24. The summed E-state index contributed by atoms with van der Waals surface area (Å²) in [6.07, 6.45) is 3.47. The number of aromatic nitrogens is 3. The number of thioether (sulfide) groups is 1. The molecule has 0 aliphatic rings. The number of fused-ring (bicyclic) bond motifs is 2. The van der Waals surface area contributed by atoms with Crippen LogP contribution in [0.5, 0.6) is 0 Å². The van der Waals surface area contributed by atoms with E-state index in [-0.39, 0.29) is 11.2 Å². The van der Waals surface area contributed by atoms with Crippen molar-refractivity contribution in [3.63, 3.8) is 0 Å². The molecule has 128 valence electrons. The molecule has 0 aliphatic carbocycles. The van der Waals surface area contributed by atoms with E-state index in [1.165, 1.54) is 11.8 Å². The van der Waals surface area contributed by atoms with Crippen molar-refractivity contribution in [3.05, 3.63) is 67.0 Å². The first kappa shape index (κ1) is 16.5. The summed E-state index contributed by atoms with van der Waals surface area (Å²) in [5, 5.41) is 14.6. The van der Waals surface area contributed by atoms with Crippen molar-refractivity contribution >= 4 is 45.0 Å². The second-order valence-corrected chi connectivity index (χ2v) is 7.19. The lowest BCUT2D eigenvalue weighted by atomic mass is 10.2. The molecule has 0 fully saturated rings. The highest BCUT2D eigenvalue weighted by molar-refractivity contribution is 8.00. The largest absolute Gasteiger partial charge is 0.324 e. The minimum atomic E-state index is -0.318. The first-order chi connectivity index (χ1) is 12.7. The third kappa shape index (κ3) is 3.23. The van der Waals surface area contributed by atoms with Gasteiger partial charge in [-0.05, 0) is 31.2 Å². The van der Waals surface area contributed by atoms with Gasteiger partial charge in [0.25, 0.3) is 0 Å². The van der Waals surface area contributed by atoms with Gasteiger partial charge in [0.1, 0.15) is 5.03 Å². The van der Waals surface area contributed by atoms with Crippen LogP contribution in [0.15, 0.2) is 72.0 Å². The Morgan fingerprint density at radius 2 is 1.88 bits per heavy atom. The van der Waals surface area contributed by atoms with E-state index in [0.29, 0.717) is 0 Å². The van der Waals surface area contributed by atoms with E-state index in [1.54, 1.807) is 12.4 Å². The van der Waals surface area contributed by atoms with Gasteiger partial charge in [0.05, 0.1) is 22.7 Å². The van der Waals surface area contributed by atoms with Gasteiger partial charge in [-0.15, -0.1) is 5.10 Å². The Labute approximate surface area is 154 Å². The van der Waals surface area contributed by atoms with Crippen molar-refractivity contribution in [1.29, 1.82) is 0 Å². The van der Waals surface area contributed by atoms with Crippen LogP contribution in [0.2, 0.25) is 0 Å². The van der Waals surface area contributed by atoms with Gasteiger partial charge in [-0.2, -0.15) is 5.10 Å². The van der Waals surface area contributed by atoms with Crippen LogP contribution in [0.25, 0.3) is 21.7 Å². The molecule has 2 heterocycles. The van der Waals surface area contributed by atoms with Gasteiger partial charge >= 0.3 is 0 Å². The van der Waals surface area contributed by atoms with Crippen molar-refractivity contribution < 1.29 is 4.79 Å². The third-order valence-corrected chi connectivity index (χ3v) is 5.19. The molecular formula is C20H16N4OS. The Hall–Kier alpha value is -2.99. The molecule has 6 heteroatoms. The number of nitrogens with one attached hydrogen (secondary N) is 1. The highest BCUT2D eigenvalue weighted by Crippen LogP contribution is 2.29. The maximum absolute atomic E-state index is 12.7. The van der Waals surface area contributed by atoms with Crippen LogP contribution < -0.4 is 5.32 Å². The van der Waals surface area contributed by atoms with Gasteiger partial charge in [-0.1, -0.05) is 42.1 Å². The molecule has 0 radical (unpaired) electrons. The average Bonchev–Trinajstić information content (AvgIpc) is 2.68. The van der Waals surface area contributed by atoms with E-state index < -0.39 is 0 Å². The highest BCUT2D eigenvalue weighted by Gasteiger charge is 2.18. The second kappa shape index (κ2) is 7.09. The molecule has 0 unspecified atom stereocenters. The Kier molecular flexibility index (Phi) is 4.50. The number of hydrogen-bond donors (Lipinski definition) is 1. The number of rotatable bonds is 4. The van der Waals surface area contributed by atoms with Crippen LogP contribution in [0.1, 0.15) is 6.92 Å². The Balaban J connectivity index is 1.56. The molecule has 4 rings (SSSR count). The molecule has 1 amide bonds. The number of amides is 1. The smallest absolute Gasteiger partial charge is 0.237 e. The molecule has 0 bridgehead atoms. The number of pyridine rings is 1. The SMILES string of the molecule is C[C@H](Sc1nncc2ccccc12)C(=O)Nc1cccc2ncccc12. The van der Waals surface area contributed by atoms with Crippen LogP contribution in [0.3, 0.4) is 0 Å². The van der Waals surface area contributed by atoms with Crippen molar-refractivity contribution in [2.75, 3.05) is 5.32 Å². The lowest BCUT2D eigenvalue weighted by Gasteiger charge is -2.13. The predicted molar refractivity (Wildman–Crippen MR) is 105 cm³/mol. The van der Waals surface area contributed by atoms with Gasteiger partial charge < -0.3 is 5.32 Å². The van der Waals surface area contributed by atoms with Crippen LogP contribution >= 0.6 is 11.8 Å². The average molecular weight is 360 g/mol. The summed E-state index contributed by atoms with van der Waals surface area (Å²) in [5.41, 5.74) is 1.61. The zero-order valence-corrected chi connectivity index (χ0v) is 14.9. The number of carbonyl (C=O) groups excluding carboxylic acids is 1. The number of carbonyl (C=O) groups is 1. The molecule has 1 atom stereocenters. The summed E-state index contributed by atoms with van der Waals surface area (Å²) < 4.78 is 0. The summed E-state index contributed by atoms with van der Waals surface area (Å²) in [7, 11) is 0. The van der Waals surface area contributed by atoms with Gasteiger partial charge in [-0.25, -0.2) is 0 Å².